The molecule has 0 aliphatic heterocycles. The van der Waals surface area contributed by atoms with Crippen LogP contribution in [0.2, 0.25) is 0 Å². The Bertz CT molecular complexity index is 502. The smallest absolute Gasteiger partial charge is 0.136 e. The number of carbonyl (C=O) groups is 1. The molecular formula is C14H13NO. The predicted molar refractivity (Wildman–Crippen MR) is 60.0 cm³/mol. The summed E-state index contributed by atoms with van der Waals surface area (Å²) in [7, 11) is 0. The van der Waals surface area contributed by atoms with E-state index < -0.39 is 5.41 Å². The molecule has 0 bridgehead atoms. The highest BCUT2D eigenvalue weighted by atomic mass is 16.1. The third-order valence-corrected chi connectivity index (χ3v) is 3.86. The van der Waals surface area contributed by atoms with Crippen molar-refractivity contribution in [2.24, 2.45) is 0 Å². The SMILES string of the molecule is N#CC1(c2ccc3c(c2)CCC3)CC(=O)C1. The van der Waals surface area contributed by atoms with Gasteiger partial charge in [-0.1, -0.05) is 18.2 Å². The van der Waals surface area contributed by atoms with Crippen molar-refractivity contribution in [1.82, 2.24) is 0 Å². The average Bonchev–Trinajstić information content (AvgIpc) is 2.71. The first-order valence-corrected chi connectivity index (χ1v) is 5.79. The first-order valence-electron chi connectivity index (χ1n) is 5.79. The Balaban J connectivity index is 2.01. The number of rotatable bonds is 1. The number of hydrogen-bond donors (Lipinski definition) is 0. The van der Waals surface area contributed by atoms with Crippen LogP contribution in [-0.4, -0.2) is 5.78 Å². The highest BCUT2D eigenvalue weighted by Crippen LogP contribution is 2.41. The number of nitriles is 1. The molecule has 2 aliphatic rings. The summed E-state index contributed by atoms with van der Waals surface area (Å²) >= 11 is 0. The summed E-state index contributed by atoms with van der Waals surface area (Å²) in [5.74, 6) is 0.210. The summed E-state index contributed by atoms with van der Waals surface area (Å²) in [6, 6.07) is 8.66. The fourth-order valence-electron chi connectivity index (χ4n) is 2.84. The Morgan fingerprint density at radius 3 is 2.62 bits per heavy atom. The third kappa shape index (κ3) is 1.21. The highest BCUT2D eigenvalue weighted by Gasteiger charge is 2.45. The zero-order chi connectivity index (χ0) is 11.2. The maximum absolute atomic E-state index is 11.1. The predicted octanol–water partition coefficient (Wildman–Crippen LogP) is 2.30. The van der Waals surface area contributed by atoms with Crippen molar-refractivity contribution in [3.63, 3.8) is 0 Å². The number of nitrogens with zero attached hydrogens (tertiary/aromatic N) is 1. The molecule has 2 nitrogen and oxygen atoms in total. The minimum atomic E-state index is -0.505. The summed E-state index contributed by atoms with van der Waals surface area (Å²) in [5.41, 5.74) is 3.35. The Kier molecular flexibility index (Phi) is 1.91. The molecule has 3 rings (SSSR count). The van der Waals surface area contributed by atoms with Gasteiger partial charge in [0.1, 0.15) is 5.78 Å². The molecule has 80 valence electrons. The lowest BCUT2D eigenvalue weighted by Crippen LogP contribution is -2.40. The zero-order valence-corrected chi connectivity index (χ0v) is 9.12. The fourth-order valence-corrected chi connectivity index (χ4v) is 2.84. The van der Waals surface area contributed by atoms with E-state index in [-0.39, 0.29) is 5.78 Å². The van der Waals surface area contributed by atoms with Crippen LogP contribution in [0.3, 0.4) is 0 Å². The van der Waals surface area contributed by atoms with Crippen LogP contribution in [0.25, 0.3) is 0 Å². The number of Topliss-reactive ketones (excluding diaryl/α,β-unsaturated/α-hetero) is 1. The monoisotopic (exact) mass is 211 g/mol. The minimum absolute atomic E-state index is 0.210. The second-order valence-electron chi connectivity index (χ2n) is 4.92. The molecule has 1 aromatic rings. The van der Waals surface area contributed by atoms with Crippen molar-refractivity contribution in [2.45, 2.75) is 37.5 Å². The van der Waals surface area contributed by atoms with E-state index in [4.69, 9.17) is 0 Å². The number of aryl methyl sites for hydroxylation is 2. The molecule has 16 heavy (non-hydrogen) atoms. The van der Waals surface area contributed by atoms with E-state index in [2.05, 4.69) is 18.2 Å². The van der Waals surface area contributed by atoms with Gasteiger partial charge < -0.3 is 0 Å². The van der Waals surface area contributed by atoms with Crippen LogP contribution in [-0.2, 0) is 23.1 Å². The first-order chi connectivity index (χ1) is 7.73. The van der Waals surface area contributed by atoms with E-state index in [1.807, 2.05) is 6.07 Å². The Morgan fingerprint density at radius 2 is 1.94 bits per heavy atom. The molecule has 2 aliphatic carbocycles. The van der Waals surface area contributed by atoms with Crippen molar-refractivity contribution in [3.8, 4) is 6.07 Å². The van der Waals surface area contributed by atoms with E-state index in [1.165, 1.54) is 17.5 Å². The molecule has 0 atom stereocenters. The van der Waals surface area contributed by atoms with Gasteiger partial charge in [-0.05, 0) is 36.0 Å². The van der Waals surface area contributed by atoms with Crippen molar-refractivity contribution < 1.29 is 4.79 Å². The van der Waals surface area contributed by atoms with Gasteiger partial charge in [0.2, 0.25) is 0 Å². The lowest BCUT2D eigenvalue weighted by Gasteiger charge is -2.34. The molecule has 0 amide bonds. The summed E-state index contributed by atoms with van der Waals surface area (Å²) < 4.78 is 0. The van der Waals surface area contributed by atoms with Crippen molar-refractivity contribution >= 4 is 5.78 Å². The molecule has 0 unspecified atom stereocenters. The molecule has 0 saturated heterocycles. The maximum atomic E-state index is 11.1. The van der Waals surface area contributed by atoms with Gasteiger partial charge >= 0.3 is 0 Å². The Morgan fingerprint density at radius 1 is 1.19 bits per heavy atom. The standard InChI is InChI=1S/C14H13NO/c15-9-14(7-13(16)8-14)12-5-4-10-2-1-3-11(10)6-12/h4-6H,1-3,7-8H2. The van der Waals surface area contributed by atoms with Crippen LogP contribution in [0.15, 0.2) is 18.2 Å². The van der Waals surface area contributed by atoms with E-state index in [1.54, 1.807) is 0 Å². The molecule has 0 heterocycles. The quantitative estimate of drug-likeness (QED) is 0.715. The van der Waals surface area contributed by atoms with E-state index >= 15 is 0 Å². The van der Waals surface area contributed by atoms with Gasteiger partial charge in [-0.3, -0.25) is 4.79 Å². The molecule has 1 fully saturated rings. The van der Waals surface area contributed by atoms with Crippen LogP contribution >= 0.6 is 0 Å². The molecule has 0 spiro atoms. The Hall–Kier alpha value is -1.62. The highest BCUT2D eigenvalue weighted by molar-refractivity contribution is 5.90. The third-order valence-electron chi connectivity index (χ3n) is 3.86. The minimum Gasteiger partial charge on any atom is -0.300 e. The van der Waals surface area contributed by atoms with E-state index in [9.17, 15) is 10.1 Å². The van der Waals surface area contributed by atoms with Crippen LogP contribution in [0.4, 0.5) is 0 Å². The number of hydrogen-bond acceptors (Lipinski definition) is 2. The maximum Gasteiger partial charge on any atom is 0.136 e. The number of carbonyl (C=O) groups excluding carboxylic acids is 1. The fraction of sp³-hybridized carbons (Fsp3) is 0.429. The van der Waals surface area contributed by atoms with E-state index in [0.29, 0.717) is 12.8 Å². The molecule has 0 aromatic heterocycles. The topological polar surface area (TPSA) is 40.9 Å². The van der Waals surface area contributed by atoms with Crippen molar-refractivity contribution in [3.05, 3.63) is 34.9 Å². The van der Waals surface area contributed by atoms with Crippen LogP contribution in [0, 0.1) is 11.3 Å². The number of fused-ring (bicyclic) bond motifs is 1. The second kappa shape index (κ2) is 3.18. The molecule has 1 aromatic carbocycles. The van der Waals surface area contributed by atoms with Crippen molar-refractivity contribution in [2.75, 3.05) is 0 Å². The summed E-state index contributed by atoms with van der Waals surface area (Å²) in [6.45, 7) is 0. The molecular weight excluding hydrogens is 198 g/mol. The molecule has 1 saturated carbocycles. The lowest BCUT2D eigenvalue weighted by molar-refractivity contribution is -0.126. The van der Waals surface area contributed by atoms with Gasteiger partial charge in [0, 0.05) is 12.8 Å². The van der Waals surface area contributed by atoms with Crippen LogP contribution < -0.4 is 0 Å². The van der Waals surface area contributed by atoms with Gasteiger partial charge in [-0.15, -0.1) is 0 Å². The summed E-state index contributed by atoms with van der Waals surface area (Å²) in [6.07, 6.45) is 4.31. The Labute approximate surface area is 94.9 Å². The average molecular weight is 211 g/mol. The van der Waals surface area contributed by atoms with Gasteiger partial charge in [0.05, 0.1) is 11.5 Å². The second-order valence-corrected chi connectivity index (χ2v) is 4.92. The molecule has 0 N–H and O–H groups in total. The van der Waals surface area contributed by atoms with Gasteiger partial charge in [-0.25, -0.2) is 0 Å². The number of benzene rings is 1. The lowest BCUT2D eigenvalue weighted by atomic mass is 9.64. The van der Waals surface area contributed by atoms with Crippen LogP contribution in [0.5, 0.6) is 0 Å². The van der Waals surface area contributed by atoms with Gasteiger partial charge in [-0.2, -0.15) is 5.26 Å². The largest absolute Gasteiger partial charge is 0.300 e. The molecule has 0 radical (unpaired) electrons. The van der Waals surface area contributed by atoms with Gasteiger partial charge in [0.15, 0.2) is 0 Å². The summed E-state index contributed by atoms with van der Waals surface area (Å²) in [5, 5.41) is 9.25. The number of ketones is 1. The first kappa shape index (κ1) is 9.59. The summed E-state index contributed by atoms with van der Waals surface area (Å²) in [4.78, 5) is 11.1. The normalized spacial score (nSPS) is 21.1. The van der Waals surface area contributed by atoms with E-state index in [0.717, 1.165) is 18.4 Å². The zero-order valence-electron chi connectivity index (χ0n) is 9.12. The van der Waals surface area contributed by atoms with Gasteiger partial charge in [0.25, 0.3) is 0 Å². The van der Waals surface area contributed by atoms with Crippen LogP contribution in [0.1, 0.15) is 36.0 Å². The molecule has 2 heteroatoms. The van der Waals surface area contributed by atoms with Crippen molar-refractivity contribution in [1.29, 1.82) is 5.26 Å².